The monoisotopic (exact) mass is 191 g/mol. The molecular weight excluding hydrogens is 178 g/mol. The minimum Gasteiger partial charge on any atom is -0.335 e. The van der Waals surface area contributed by atoms with Gasteiger partial charge in [-0.15, -0.1) is 0 Å². The molecule has 0 saturated carbocycles. The molecule has 0 radical (unpaired) electrons. The second-order valence-electron chi connectivity index (χ2n) is 3.08. The van der Waals surface area contributed by atoms with Gasteiger partial charge in [-0.05, 0) is 6.07 Å². The van der Waals surface area contributed by atoms with E-state index in [1.807, 2.05) is 27.7 Å². The summed E-state index contributed by atoms with van der Waals surface area (Å²) in [6, 6.07) is 1.92. The molecule has 0 unspecified atom stereocenters. The van der Waals surface area contributed by atoms with Crippen molar-refractivity contribution in [2.45, 2.75) is 19.6 Å². The molecule has 0 aliphatic rings. The molecule has 5 nitrogen and oxygen atoms in total. The lowest BCUT2D eigenvalue weighted by molar-refractivity contribution is 0.533. The van der Waals surface area contributed by atoms with Crippen molar-refractivity contribution in [1.82, 2.24) is 19.3 Å². The standard InChI is InChI=1S/C9H13N5/c10-6-9-7-13(8-11-9)4-5-14-3-1-2-12-14/h1-3,7-8H,4-6,10H2. The normalized spacial score (nSPS) is 10.6. The van der Waals surface area contributed by atoms with E-state index in [1.54, 1.807) is 12.5 Å². The van der Waals surface area contributed by atoms with E-state index in [0.29, 0.717) is 6.54 Å². The van der Waals surface area contributed by atoms with Crippen LogP contribution in [0.4, 0.5) is 0 Å². The first-order chi connectivity index (χ1) is 6.88. The van der Waals surface area contributed by atoms with E-state index in [0.717, 1.165) is 18.8 Å². The fourth-order valence-corrected chi connectivity index (χ4v) is 1.28. The molecule has 0 atom stereocenters. The van der Waals surface area contributed by atoms with Crippen molar-refractivity contribution in [3.05, 3.63) is 36.7 Å². The molecule has 0 amide bonds. The minimum atomic E-state index is 0.495. The Balaban J connectivity index is 1.92. The van der Waals surface area contributed by atoms with Crippen molar-refractivity contribution in [2.75, 3.05) is 0 Å². The topological polar surface area (TPSA) is 61.7 Å². The molecule has 2 heterocycles. The Morgan fingerprint density at radius 1 is 1.36 bits per heavy atom. The predicted octanol–water partition coefficient (Wildman–Crippen LogP) is 0.238. The molecule has 14 heavy (non-hydrogen) atoms. The third kappa shape index (κ3) is 2.00. The van der Waals surface area contributed by atoms with E-state index in [2.05, 4.69) is 10.1 Å². The third-order valence-electron chi connectivity index (χ3n) is 2.04. The van der Waals surface area contributed by atoms with Gasteiger partial charge < -0.3 is 10.3 Å². The summed E-state index contributed by atoms with van der Waals surface area (Å²) in [6.45, 7) is 2.22. The van der Waals surface area contributed by atoms with Crippen molar-refractivity contribution in [1.29, 1.82) is 0 Å². The first-order valence-electron chi connectivity index (χ1n) is 4.56. The van der Waals surface area contributed by atoms with Crippen LogP contribution in [-0.2, 0) is 19.6 Å². The van der Waals surface area contributed by atoms with Gasteiger partial charge in [0.15, 0.2) is 0 Å². The summed E-state index contributed by atoms with van der Waals surface area (Å²) in [7, 11) is 0. The molecule has 0 bridgehead atoms. The molecular formula is C9H13N5. The summed E-state index contributed by atoms with van der Waals surface area (Å²) in [6.07, 6.45) is 7.48. The first kappa shape index (κ1) is 8.96. The molecule has 0 saturated heterocycles. The van der Waals surface area contributed by atoms with Gasteiger partial charge in [-0.25, -0.2) is 4.98 Å². The molecule has 2 aromatic rings. The largest absolute Gasteiger partial charge is 0.335 e. The maximum Gasteiger partial charge on any atom is 0.0950 e. The van der Waals surface area contributed by atoms with Gasteiger partial charge in [0.05, 0.1) is 18.6 Å². The molecule has 74 valence electrons. The highest BCUT2D eigenvalue weighted by Crippen LogP contribution is 1.95. The Kier molecular flexibility index (Phi) is 2.60. The van der Waals surface area contributed by atoms with Crippen LogP contribution in [-0.4, -0.2) is 19.3 Å². The SMILES string of the molecule is NCc1cn(CCn2cccn2)cn1. The molecule has 0 aliphatic carbocycles. The van der Waals surface area contributed by atoms with Gasteiger partial charge in [0, 0.05) is 31.7 Å². The quantitative estimate of drug-likeness (QED) is 0.753. The fraction of sp³-hybridized carbons (Fsp3) is 0.333. The van der Waals surface area contributed by atoms with Crippen molar-refractivity contribution < 1.29 is 0 Å². The van der Waals surface area contributed by atoms with Gasteiger partial charge in [-0.2, -0.15) is 5.10 Å². The Hall–Kier alpha value is -1.62. The Morgan fingerprint density at radius 3 is 2.93 bits per heavy atom. The van der Waals surface area contributed by atoms with Gasteiger partial charge in [-0.1, -0.05) is 0 Å². The lowest BCUT2D eigenvalue weighted by atomic mass is 10.5. The predicted molar refractivity (Wildman–Crippen MR) is 52.3 cm³/mol. The average Bonchev–Trinajstić information content (AvgIpc) is 2.86. The van der Waals surface area contributed by atoms with Gasteiger partial charge in [0.2, 0.25) is 0 Å². The molecule has 2 N–H and O–H groups in total. The van der Waals surface area contributed by atoms with Gasteiger partial charge in [0.1, 0.15) is 0 Å². The molecule has 0 aliphatic heterocycles. The molecule has 2 rings (SSSR count). The van der Waals surface area contributed by atoms with Crippen molar-refractivity contribution in [3.63, 3.8) is 0 Å². The number of aromatic nitrogens is 4. The lowest BCUT2D eigenvalue weighted by Crippen LogP contribution is -2.06. The molecule has 2 aromatic heterocycles. The average molecular weight is 191 g/mol. The highest BCUT2D eigenvalue weighted by molar-refractivity contribution is 4.95. The minimum absolute atomic E-state index is 0.495. The van der Waals surface area contributed by atoms with E-state index in [4.69, 9.17) is 5.73 Å². The van der Waals surface area contributed by atoms with Crippen LogP contribution in [0.3, 0.4) is 0 Å². The van der Waals surface area contributed by atoms with Crippen molar-refractivity contribution in [2.24, 2.45) is 5.73 Å². The fourth-order valence-electron chi connectivity index (χ4n) is 1.28. The molecule has 0 fully saturated rings. The van der Waals surface area contributed by atoms with Crippen molar-refractivity contribution >= 4 is 0 Å². The van der Waals surface area contributed by atoms with Crippen molar-refractivity contribution in [3.8, 4) is 0 Å². The summed E-state index contributed by atoms with van der Waals surface area (Å²) in [5, 5.41) is 4.12. The van der Waals surface area contributed by atoms with Crippen LogP contribution in [0.5, 0.6) is 0 Å². The van der Waals surface area contributed by atoms with E-state index >= 15 is 0 Å². The zero-order valence-electron chi connectivity index (χ0n) is 7.87. The van der Waals surface area contributed by atoms with Gasteiger partial charge in [-0.3, -0.25) is 4.68 Å². The summed E-state index contributed by atoms with van der Waals surface area (Å²) in [5.74, 6) is 0. The molecule has 0 spiro atoms. The highest BCUT2D eigenvalue weighted by Gasteiger charge is 1.96. The number of rotatable bonds is 4. The smallest absolute Gasteiger partial charge is 0.0950 e. The third-order valence-corrected chi connectivity index (χ3v) is 2.04. The Morgan fingerprint density at radius 2 is 2.29 bits per heavy atom. The lowest BCUT2D eigenvalue weighted by Gasteiger charge is -2.01. The summed E-state index contributed by atoms with van der Waals surface area (Å²) >= 11 is 0. The zero-order chi connectivity index (χ0) is 9.80. The molecule has 0 aromatic carbocycles. The van der Waals surface area contributed by atoms with E-state index in [9.17, 15) is 0 Å². The number of nitrogens with two attached hydrogens (primary N) is 1. The maximum atomic E-state index is 5.46. The first-order valence-corrected chi connectivity index (χ1v) is 4.56. The van der Waals surface area contributed by atoms with Crippen LogP contribution in [0.15, 0.2) is 31.0 Å². The van der Waals surface area contributed by atoms with Crippen LogP contribution >= 0.6 is 0 Å². The Bertz CT molecular complexity index is 376. The van der Waals surface area contributed by atoms with E-state index in [-0.39, 0.29) is 0 Å². The summed E-state index contributed by atoms with van der Waals surface area (Å²) in [4.78, 5) is 4.14. The summed E-state index contributed by atoms with van der Waals surface area (Å²) < 4.78 is 3.91. The van der Waals surface area contributed by atoms with Gasteiger partial charge in [0.25, 0.3) is 0 Å². The number of aryl methyl sites for hydroxylation is 2. The number of hydrogen-bond acceptors (Lipinski definition) is 3. The van der Waals surface area contributed by atoms with Crippen LogP contribution < -0.4 is 5.73 Å². The number of nitrogens with zero attached hydrogens (tertiary/aromatic N) is 4. The van der Waals surface area contributed by atoms with Crippen LogP contribution in [0.2, 0.25) is 0 Å². The summed E-state index contributed by atoms with van der Waals surface area (Å²) in [5.41, 5.74) is 6.38. The van der Waals surface area contributed by atoms with E-state index < -0.39 is 0 Å². The Labute approximate surface area is 82.2 Å². The maximum absolute atomic E-state index is 5.46. The number of hydrogen-bond donors (Lipinski definition) is 1. The van der Waals surface area contributed by atoms with Crippen LogP contribution in [0.25, 0.3) is 0 Å². The molecule has 5 heteroatoms. The van der Waals surface area contributed by atoms with E-state index in [1.165, 1.54) is 0 Å². The van der Waals surface area contributed by atoms with Gasteiger partial charge >= 0.3 is 0 Å². The second kappa shape index (κ2) is 4.06. The van der Waals surface area contributed by atoms with Crippen LogP contribution in [0, 0.1) is 0 Å². The second-order valence-corrected chi connectivity index (χ2v) is 3.08. The zero-order valence-corrected chi connectivity index (χ0v) is 7.87. The highest BCUT2D eigenvalue weighted by atomic mass is 15.3. The number of imidazole rings is 1. The van der Waals surface area contributed by atoms with Crippen LogP contribution in [0.1, 0.15) is 5.69 Å².